The van der Waals surface area contributed by atoms with E-state index in [-0.39, 0.29) is 5.91 Å². The van der Waals surface area contributed by atoms with Gasteiger partial charge in [-0.1, -0.05) is 20.8 Å². The SMILES string of the molecule is CCNCC(=O)N(CCC(C)C)C1CC1. The molecular weight excluding hydrogens is 188 g/mol. The summed E-state index contributed by atoms with van der Waals surface area (Å²) >= 11 is 0. The van der Waals surface area contributed by atoms with Crippen molar-refractivity contribution in [3.8, 4) is 0 Å². The van der Waals surface area contributed by atoms with Gasteiger partial charge in [-0.2, -0.15) is 0 Å². The molecule has 1 amide bonds. The van der Waals surface area contributed by atoms with Crippen molar-refractivity contribution in [1.82, 2.24) is 10.2 Å². The second-order valence-corrected chi connectivity index (χ2v) is 4.78. The van der Waals surface area contributed by atoms with Crippen molar-refractivity contribution in [3.63, 3.8) is 0 Å². The summed E-state index contributed by atoms with van der Waals surface area (Å²) in [7, 11) is 0. The Morgan fingerprint density at radius 3 is 2.60 bits per heavy atom. The van der Waals surface area contributed by atoms with Gasteiger partial charge in [-0.05, 0) is 31.7 Å². The highest BCUT2D eigenvalue weighted by molar-refractivity contribution is 5.78. The van der Waals surface area contributed by atoms with E-state index in [0.29, 0.717) is 18.5 Å². The first-order valence-electron chi connectivity index (χ1n) is 6.15. The molecule has 0 aromatic rings. The monoisotopic (exact) mass is 212 g/mol. The van der Waals surface area contributed by atoms with Gasteiger partial charge in [0.1, 0.15) is 0 Å². The Balaban J connectivity index is 2.32. The minimum absolute atomic E-state index is 0.278. The van der Waals surface area contributed by atoms with Crippen molar-refractivity contribution in [2.45, 2.75) is 46.1 Å². The highest BCUT2D eigenvalue weighted by atomic mass is 16.2. The number of nitrogens with one attached hydrogen (secondary N) is 1. The second-order valence-electron chi connectivity index (χ2n) is 4.78. The van der Waals surface area contributed by atoms with Gasteiger partial charge in [-0.25, -0.2) is 0 Å². The van der Waals surface area contributed by atoms with Gasteiger partial charge >= 0.3 is 0 Å². The van der Waals surface area contributed by atoms with Crippen LogP contribution in [0, 0.1) is 5.92 Å². The second kappa shape index (κ2) is 6.11. The highest BCUT2D eigenvalue weighted by Gasteiger charge is 2.31. The summed E-state index contributed by atoms with van der Waals surface area (Å²) in [5, 5.41) is 3.11. The van der Waals surface area contributed by atoms with Gasteiger partial charge in [0.05, 0.1) is 6.54 Å². The zero-order valence-electron chi connectivity index (χ0n) is 10.3. The highest BCUT2D eigenvalue weighted by Crippen LogP contribution is 2.27. The third kappa shape index (κ3) is 4.65. The number of nitrogens with zero attached hydrogens (tertiary/aromatic N) is 1. The molecule has 0 heterocycles. The summed E-state index contributed by atoms with van der Waals surface area (Å²) in [5.41, 5.74) is 0. The average Bonchev–Trinajstić information content (AvgIpc) is 2.98. The Morgan fingerprint density at radius 2 is 2.13 bits per heavy atom. The van der Waals surface area contributed by atoms with Crippen molar-refractivity contribution in [3.05, 3.63) is 0 Å². The van der Waals surface area contributed by atoms with Gasteiger partial charge in [-0.3, -0.25) is 4.79 Å². The van der Waals surface area contributed by atoms with Gasteiger partial charge in [0.15, 0.2) is 0 Å². The lowest BCUT2D eigenvalue weighted by molar-refractivity contribution is -0.131. The van der Waals surface area contributed by atoms with Gasteiger partial charge < -0.3 is 10.2 Å². The molecule has 0 unspecified atom stereocenters. The Morgan fingerprint density at radius 1 is 1.47 bits per heavy atom. The van der Waals surface area contributed by atoms with Crippen LogP contribution in [0.1, 0.15) is 40.0 Å². The zero-order valence-corrected chi connectivity index (χ0v) is 10.3. The average molecular weight is 212 g/mol. The lowest BCUT2D eigenvalue weighted by atomic mass is 10.1. The van der Waals surface area contributed by atoms with Crippen LogP contribution >= 0.6 is 0 Å². The molecule has 0 spiro atoms. The third-order valence-corrected chi connectivity index (χ3v) is 2.78. The Bertz CT molecular complexity index is 200. The molecule has 1 aliphatic rings. The van der Waals surface area contributed by atoms with E-state index in [1.54, 1.807) is 0 Å². The summed E-state index contributed by atoms with van der Waals surface area (Å²) < 4.78 is 0. The largest absolute Gasteiger partial charge is 0.339 e. The van der Waals surface area contributed by atoms with E-state index in [2.05, 4.69) is 24.1 Å². The molecule has 1 N–H and O–H groups in total. The molecule has 3 heteroatoms. The molecule has 0 aromatic heterocycles. The van der Waals surface area contributed by atoms with Crippen LogP contribution in [-0.2, 0) is 4.79 Å². The fourth-order valence-corrected chi connectivity index (χ4v) is 1.63. The Kier molecular flexibility index (Phi) is 5.09. The van der Waals surface area contributed by atoms with Crippen molar-refractivity contribution < 1.29 is 4.79 Å². The van der Waals surface area contributed by atoms with Crippen LogP contribution in [0.3, 0.4) is 0 Å². The van der Waals surface area contributed by atoms with Crippen molar-refractivity contribution >= 4 is 5.91 Å². The van der Waals surface area contributed by atoms with E-state index in [4.69, 9.17) is 0 Å². The molecule has 15 heavy (non-hydrogen) atoms. The number of likely N-dealkylation sites (N-methyl/N-ethyl adjacent to an activating group) is 1. The molecule has 0 atom stereocenters. The van der Waals surface area contributed by atoms with Crippen LogP contribution in [0.5, 0.6) is 0 Å². The van der Waals surface area contributed by atoms with Crippen LogP contribution in [-0.4, -0.2) is 36.5 Å². The molecule has 0 radical (unpaired) electrons. The topological polar surface area (TPSA) is 32.3 Å². The van der Waals surface area contributed by atoms with Gasteiger partial charge in [0, 0.05) is 12.6 Å². The molecule has 1 fully saturated rings. The first-order chi connectivity index (χ1) is 7.15. The van der Waals surface area contributed by atoms with Gasteiger partial charge in [-0.15, -0.1) is 0 Å². The van der Waals surface area contributed by atoms with Gasteiger partial charge in [0.25, 0.3) is 0 Å². The van der Waals surface area contributed by atoms with E-state index in [1.165, 1.54) is 12.8 Å². The number of hydrogen-bond acceptors (Lipinski definition) is 2. The molecular formula is C12H24N2O. The van der Waals surface area contributed by atoms with E-state index in [1.807, 2.05) is 6.92 Å². The van der Waals surface area contributed by atoms with Crippen LogP contribution in [0.15, 0.2) is 0 Å². The van der Waals surface area contributed by atoms with E-state index < -0.39 is 0 Å². The summed E-state index contributed by atoms with van der Waals surface area (Å²) in [5.74, 6) is 0.957. The molecule has 3 nitrogen and oxygen atoms in total. The lowest BCUT2D eigenvalue weighted by Gasteiger charge is -2.23. The maximum Gasteiger partial charge on any atom is 0.236 e. The molecule has 88 valence electrons. The van der Waals surface area contributed by atoms with E-state index >= 15 is 0 Å². The number of rotatable bonds is 7. The molecule has 1 saturated carbocycles. The number of hydrogen-bond donors (Lipinski definition) is 1. The maximum absolute atomic E-state index is 11.9. The number of amides is 1. The molecule has 0 aromatic carbocycles. The van der Waals surface area contributed by atoms with Crippen LogP contribution in [0.25, 0.3) is 0 Å². The van der Waals surface area contributed by atoms with Crippen molar-refractivity contribution in [2.75, 3.05) is 19.6 Å². The zero-order chi connectivity index (χ0) is 11.3. The first-order valence-corrected chi connectivity index (χ1v) is 6.15. The maximum atomic E-state index is 11.9. The molecule has 1 rings (SSSR count). The predicted molar refractivity (Wildman–Crippen MR) is 62.7 cm³/mol. The molecule has 0 saturated heterocycles. The summed E-state index contributed by atoms with van der Waals surface area (Å²) in [6.07, 6.45) is 3.53. The standard InChI is InChI=1S/C12H24N2O/c1-4-13-9-12(15)14(11-5-6-11)8-7-10(2)3/h10-11,13H,4-9H2,1-3H3. The fourth-order valence-electron chi connectivity index (χ4n) is 1.63. The first kappa shape index (κ1) is 12.5. The molecule has 0 aliphatic heterocycles. The minimum atomic E-state index is 0.278. The number of carbonyl (C=O) groups excluding carboxylic acids is 1. The molecule has 0 bridgehead atoms. The minimum Gasteiger partial charge on any atom is -0.339 e. The normalized spacial score (nSPS) is 15.7. The Hall–Kier alpha value is -0.570. The van der Waals surface area contributed by atoms with E-state index in [0.717, 1.165) is 19.5 Å². The van der Waals surface area contributed by atoms with Crippen LogP contribution in [0.2, 0.25) is 0 Å². The summed E-state index contributed by atoms with van der Waals surface area (Å²) in [6, 6.07) is 0.551. The Labute approximate surface area is 93.2 Å². The van der Waals surface area contributed by atoms with Crippen LogP contribution < -0.4 is 5.32 Å². The number of carbonyl (C=O) groups is 1. The van der Waals surface area contributed by atoms with Crippen molar-refractivity contribution in [2.24, 2.45) is 5.92 Å². The van der Waals surface area contributed by atoms with E-state index in [9.17, 15) is 4.79 Å². The van der Waals surface area contributed by atoms with Crippen molar-refractivity contribution in [1.29, 1.82) is 0 Å². The fraction of sp³-hybridized carbons (Fsp3) is 0.917. The molecule has 1 aliphatic carbocycles. The predicted octanol–water partition coefficient (Wildman–Crippen LogP) is 1.63. The lowest BCUT2D eigenvalue weighted by Crippen LogP contribution is -2.40. The summed E-state index contributed by atoms with van der Waals surface area (Å²) in [6.45, 7) is 8.76. The summed E-state index contributed by atoms with van der Waals surface area (Å²) in [4.78, 5) is 13.9. The third-order valence-electron chi connectivity index (χ3n) is 2.78. The smallest absolute Gasteiger partial charge is 0.236 e. The quantitative estimate of drug-likeness (QED) is 0.695. The van der Waals surface area contributed by atoms with Gasteiger partial charge in [0.2, 0.25) is 5.91 Å². The van der Waals surface area contributed by atoms with Crippen LogP contribution in [0.4, 0.5) is 0 Å².